The van der Waals surface area contributed by atoms with Crippen LogP contribution < -0.4 is 0 Å². The summed E-state index contributed by atoms with van der Waals surface area (Å²) >= 11 is 0. The molecule has 28 heavy (non-hydrogen) atoms. The number of nitrogens with zero attached hydrogens (tertiary/aromatic N) is 3. The molecule has 0 saturated heterocycles. The van der Waals surface area contributed by atoms with Gasteiger partial charge in [0.1, 0.15) is 0 Å². The first-order chi connectivity index (χ1) is 13.5. The topological polar surface area (TPSA) is 46.5 Å². The van der Waals surface area contributed by atoms with Gasteiger partial charge in [-0.25, -0.2) is 9.97 Å². The van der Waals surface area contributed by atoms with Crippen molar-refractivity contribution in [3.8, 4) is 0 Å². The fourth-order valence-electron chi connectivity index (χ4n) is 3.31. The van der Waals surface area contributed by atoms with Crippen molar-refractivity contribution in [1.29, 1.82) is 0 Å². The number of nitrogens with one attached hydrogen (secondary N) is 1. The molecule has 7 heteroatoms. The van der Waals surface area contributed by atoms with Crippen LogP contribution in [-0.4, -0.2) is 19.5 Å². The zero-order valence-corrected chi connectivity index (χ0v) is 14.4. The van der Waals surface area contributed by atoms with Crippen LogP contribution in [0, 0.1) is 0 Å². The fourth-order valence-corrected chi connectivity index (χ4v) is 3.31. The minimum absolute atomic E-state index is 0.0274. The highest BCUT2D eigenvalue weighted by Crippen LogP contribution is 2.30. The molecule has 2 aliphatic heterocycles. The van der Waals surface area contributed by atoms with Gasteiger partial charge >= 0.3 is 6.30 Å². The van der Waals surface area contributed by atoms with Crippen LogP contribution in [0.5, 0.6) is 0 Å². The second-order valence-corrected chi connectivity index (χ2v) is 6.45. The Morgan fingerprint density at radius 1 is 0.714 bits per heavy atom. The minimum Gasteiger partial charge on any atom is -0.354 e. The maximum Gasteiger partial charge on any atom is 0.489 e. The van der Waals surface area contributed by atoms with Crippen LogP contribution in [0.2, 0.25) is 0 Å². The molecule has 0 aliphatic carbocycles. The molecule has 0 spiro atoms. The molecule has 5 rings (SSSR count). The molecule has 138 valence electrons. The van der Waals surface area contributed by atoms with E-state index in [1.807, 2.05) is 18.2 Å². The SMILES string of the molecule is FC(F)(F)n1c2ccc3nc(c4nc(ccc5ccc([nH]5)c1cc2)C=C4)C=C3. The van der Waals surface area contributed by atoms with Crippen LogP contribution >= 0.6 is 0 Å². The van der Waals surface area contributed by atoms with Gasteiger partial charge in [0.15, 0.2) is 0 Å². The second-order valence-electron chi connectivity index (χ2n) is 6.45. The molecule has 0 aromatic carbocycles. The number of aromatic nitrogens is 4. The maximum atomic E-state index is 13.7. The number of hydrogen-bond donors (Lipinski definition) is 1. The number of rotatable bonds is 0. The Morgan fingerprint density at radius 2 is 1.32 bits per heavy atom. The summed E-state index contributed by atoms with van der Waals surface area (Å²) in [5, 5.41) is 0. The third-order valence-electron chi connectivity index (χ3n) is 4.59. The lowest BCUT2D eigenvalue weighted by Crippen LogP contribution is -2.15. The first-order valence-corrected chi connectivity index (χ1v) is 8.60. The van der Waals surface area contributed by atoms with Gasteiger partial charge in [-0.15, -0.1) is 13.2 Å². The standard InChI is InChI=1S/C21H13F3N4/c22-21(23,24)28-16-7-3-15-5-10-18(26-15)17-9-4-13(25-17)1-2-14-6-11-19(27-14)20(28)12-8-16/h1-12,27H. The lowest BCUT2D eigenvalue weighted by atomic mass is 10.3. The van der Waals surface area contributed by atoms with Gasteiger partial charge in [0.2, 0.25) is 0 Å². The summed E-state index contributed by atoms with van der Waals surface area (Å²) < 4.78 is 41.6. The molecule has 0 atom stereocenters. The molecule has 0 radical (unpaired) electrons. The summed E-state index contributed by atoms with van der Waals surface area (Å²) in [5.74, 6) is 0. The molecule has 3 aromatic rings. The van der Waals surface area contributed by atoms with Crippen molar-refractivity contribution in [3.63, 3.8) is 0 Å². The molecule has 2 aliphatic rings. The van der Waals surface area contributed by atoms with Crippen LogP contribution in [0.1, 0.15) is 22.8 Å². The Kier molecular flexibility index (Phi) is 3.52. The maximum absolute atomic E-state index is 13.7. The number of aromatic amines is 1. The Bertz CT molecular complexity index is 1310. The van der Waals surface area contributed by atoms with Crippen molar-refractivity contribution in [2.75, 3.05) is 0 Å². The Morgan fingerprint density at radius 3 is 2.00 bits per heavy atom. The molecule has 4 nitrogen and oxygen atoms in total. The molecular formula is C21H13F3N4. The van der Waals surface area contributed by atoms with E-state index in [0.717, 1.165) is 11.4 Å². The lowest BCUT2D eigenvalue weighted by molar-refractivity contribution is -0.197. The van der Waals surface area contributed by atoms with E-state index in [4.69, 9.17) is 0 Å². The summed E-state index contributed by atoms with van der Waals surface area (Å²) in [5.41, 5.74) is 3.87. The lowest BCUT2D eigenvalue weighted by Gasteiger charge is -2.10. The first-order valence-electron chi connectivity index (χ1n) is 8.60. The predicted octanol–water partition coefficient (Wildman–Crippen LogP) is 5.61. The van der Waals surface area contributed by atoms with E-state index in [-0.39, 0.29) is 11.0 Å². The Balaban J connectivity index is 1.90. The molecule has 0 amide bonds. The molecule has 5 heterocycles. The predicted molar refractivity (Wildman–Crippen MR) is 104 cm³/mol. The number of alkyl halides is 3. The molecule has 3 aromatic heterocycles. The summed E-state index contributed by atoms with van der Waals surface area (Å²) in [4.78, 5) is 12.0. The third kappa shape index (κ3) is 2.81. The van der Waals surface area contributed by atoms with Crippen LogP contribution in [0.3, 0.4) is 0 Å². The zero-order valence-electron chi connectivity index (χ0n) is 14.4. The minimum atomic E-state index is -4.55. The van der Waals surface area contributed by atoms with E-state index in [2.05, 4.69) is 15.0 Å². The van der Waals surface area contributed by atoms with Gasteiger partial charge in [0.25, 0.3) is 0 Å². The largest absolute Gasteiger partial charge is 0.489 e. The second kappa shape index (κ2) is 5.95. The first kappa shape index (κ1) is 16.6. The highest BCUT2D eigenvalue weighted by Gasteiger charge is 2.32. The van der Waals surface area contributed by atoms with Gasteiger partial charge in [-0.3, -0.25) is 4.57 Å². The van der Waals surface area contributed by atoms with E-state index in [0.29, 0.717) is 27.0 Å². The van der Waals surface area contributed by atoms with Crippen molar-refractivity contribution in [3.05, 3.63) is 71.3 Å². The molecule has 8 bridgehead atoms. The Hall–Kier alpha value is -3.61. The van der Waals surface area contributed by atoms with E-state index in [1.165, 1.54) is 18.2 Å². The summed E-state index contributed by atoms with van der Waals surface area (Å²) in [6.45, 7) is 0. The normalized spacial score (nSPS) is 13.2. The van der Waals surface area contributed by atoms with Crippen molar-refractivity contribution in [1.82, 2.24) is 19.5 Å². The smallest absolute Gasteiger partial charge is 0.354 e. The van der Waals surface area contributed by atoms with Crippen molar-refractivity contribution in [2.24, 2.45) is 0 Å². The zero-order chi connectivity index (χ0) is 19.3. The monoisotopic (exact) mass is 378 g/mol. The number of halogens is 3. The summed E-state index contributed by atoms with van der Waals surface area (Å²) in [6, 6.07) is 12.9. The van der Waals surface area contributed by atoms with Crippen LogP contribution in [0.15, 0.2) is 48.5 Å². The van der Waals surface area contributed by atoms with Crippen LogP contribution in [0.4, 0.5) is 13.2 Å². The molecule has 1 N–H and O–H groups in total. The summed E-state index contributed by atoms with van der Waals surface area (Å²) in [6.07, 6.45) is 2.75. The highest BCUT2D eigenvalue weighted by molar-refractivity contribution is 5.83. The van der Waals surface area contributed by atoms with Gasteiger partial charge in [-0.05, 0) is 72.8 Å². The quantitative estimate of drug-likeness (QED) is 0.381. The average molecular weight is 378 g/mol. The van der Waals surface area contributed by atoms with Crippen LogP contribution in [-0.2, 0) is 6.30 Å². The number of fused-ring (bicyclic) bond motifs is 10. The van der Waals surface area contributed by atoms with Gasteiger partial charge in [-0.1, -0.05) is 0 Å². The summed E-state index contributed by atoms with van der Waals surface area (Å²) in [7, 11) is 0. The van der Waals surface area contributed by atoms with Crippen LogP contribution in [0.25, 0.3) is 46.4 Å². The van der Waals surface area contributed by atoms with Crippen molar-refractivity contribution in [2.45, 2.75) is 6.30 Å². The van der Waals surface area contributed by atoms with E-state index < -0.39 is 6.30 Å². The van der Waals surface area contributed by atoms with E-state index in [1.54, 1.807) is 36.4 Å². The van der Waals surface area contributed by atoms with E-state index >= 15 is 0 Å². The third-order valence-corrected chi connectivity index (χ3v) is 4.59. The van der Waals surface area contributed by atoms with Crippen molar-refractivity contribution >= 4 is 46.4 Å². The number of hydrogen-bond acceptors (Lipinski definition) is 2. The molecule has 0 saturated carbocycles. The van der Waals surface area contributed by atoms with Gasteiger partial charge in [0, 0.05) is 11.0 Å². The van der Waals surface area contributed by atoms with Gasteiger partial charge < -0.3 is 4.98 Å². The van der Waals surface area contributed by atoms with E-state index in [9.17, 15) is 13.2 Å². The number of H-pyrrole nitrogens is 1. The Labute approximate surface area is 157 Å². The average Bonchev–Trinajstić information content (AvgIpc) is 3.42. The highest BCUT2D eigenvalue weighted by atomic mass is 19.4. The fraction of sp³-hybridized carbons (Fsp3) is 0.0476. The molecular weight excluding hydrogens is 365 g/mol. The molecule has 0 fully saturated rings. The molecule has 0 unspecified atom stereocenters. The van der Waals surface area contributed by atoms with Gasteiger partial charge in [0.05, 0.1) is 33.8 Å². The van der Waals surface area contributed by atoms with Crippen molar-refractivity contribution < 1.29 is 13.2 Å². The van der Waals surface area contributed by atoms with Gasteiger partial charge in [-0.2, -0.15) is 0 Å².